The Bertz CT molecular complexity index is 252. The second-order valence-corrected chi connectivity index (χ2v) is 2.52. The quantitative estimate of drug-likeness (QED) is 0.318. The van der Waals surface area contributed by atoms with Crippen LogP contribution in [-0.4, -0.2) is 24.7 Å². The van der Waals surface area contributed by atoms with Gasteiger partial charge in [-0.3, -0.25) is 0 Å². The van der Waals surface area contributed by atoms with E-state index in [1.807, 2.05) is 0 Å². The molecule has 1 unspecified atom stereocenters. The van der Waals surface area contributed by atoms with E-state index < -0.39 is 6.23 Å². The molecule has 0 bridgehead atoms. The van der Waals surface area contributed by atoms with Gasteiger partial charge in [-0.25, -0.2) is 0 Å². The van der Waals surface area contributed by atoms with Crippen LogP contribution in [-0.2, 0) is 4.84 Å². The maximum Gasteiger partial charge on any atom is 0.326 e. The number of aliphatic hydroxyl groups excluding tert-OH is 1. The molecule has 0 aliphatic carbocycles. The summed E-state index contributed by atoms with van der Waals surface area (Å²) in [6, 6.07) is 6.77. The molecule has 0 amide bonds. The van der Waals surface area contributed by atoms with Crippen LogP contribution in [0.2, 0.25) is 0 Å². The molecule has 0 heterocycles. The molecule has 1 atom stereocenters. The molecule has 0 spiro atoms. The summed E-state index contributed by atoms with van der Waals surface area (Å²) in [5.74, 6) is 0. The molecular formula is C8H11BNO3. The van der Waals surface area contributed by atoms with Gasteiger partial charge in [0.25, 0.3) is 0 Å². The third-order valence-electron chi connectivity index (χ3n) is 1.63. The standard InChI is InChI=1S/C8H11BNO3/c1-13-10-8(11)6-2-4-7(9-12)5-3-6/h2-5,8,10-12H,1H3. The second kappa shape index (κ2) is 4.99. The number of benzene rings is 1. The molecule has 69 valence electrons. The van der Waals surface area contributed by atoms with Crippen molar-refractivity contribution in [2.75, 3.05) is 7.11 Å². The van der Waals surface area contributed by atoms with Gasteiger partial charge >= 0.3 is 7.48 Å². The topological polar surface area (TPSA) is 61.7 Å². The van der Waals surface area contributed by atoms with Crippen LogP contribution in [0, 0.1) is 0 Å². The summed E-state index contributed by atoms with van der Waals surface area (Å²) in [5, 5.41) is 18.0. The number of hydrogen-bond donors (Lipinski definition) is 3. The molecule has 13 heavy (non-hydrogen) atoms. The Morgan fingerprint density at radius 1 is 1.38 bits per heavy atom. The molecule has 3 N–H and O–H groups in total. The normalized spacial score (nSPS) is 12.5. The van der Waals surface area contributed by atoms with E-state index in [-0.39, 0.29) is 0 Å². The minimum absolute atomic E-state index is 0.674. The zero-order valence-electron chi connectivity index (χ0n) is 7.27. The van der Waals surface area contributed by atoms with E-state index in [1.165, 1.54) is 7.11 Å². The highest BCUT2D eigenvalue weighted by Gasteiger charge is 2.05. The molecule has 0 saturated carbocycles. The predicted octanol–water partition coefficient (Wildman–Crippen LogP) is -0.935. The summed E-state index contributed by atoms with van der Waals surface area (Å²) in [6.45, 7) is 0. The van der Waals surface area contributed by atoms with Crippen LogP contribution < -0.4 is 10.9 Å². The van der Waals surface area contributed by atoms with Crippen LogP contribution in [0.3, 0.4) is 0 Å². The summed E-state index contributed by atoms with van der Waals surface area (Å²) in [4.78, 5) is 4.56. The Morgan fingerprint density at radius 2 is 2.00 bits per heavy atom. The Kier molecular flexibility index (Phi) is 3.91. The van der Waals surface area contributed by atoms with Crippen molar-refractivity contribution in [3.05, 3.63) is 29.8 Å². The fraction of sp³-hybridized carbons (Fsp3) is 0.250. The van der Waals surface area contributed by atoms with Crippen molar-refractivity contribution in [2.24, 2.45) is 0 Å². The Hall–Kier alpha value is -0.875. The maximum atomic E-state index is 9.38. The first-order valence-corrected chi connectivity index (χ1v) is 3.82. The molecule has 0 fully saturated rings. The van der Waals surface area contributed by atoms with Gasteiger partial charge in [0.05, 0.1) is 7.11 Å². The third kappa shape index (κ3) is 2.82. The lowest BCUT2D eigenvalue weighted by atomic mass is 9.88. The molecule has 1 rings (SSSR count). The van der Waals surface area contributed by atoms with E-state index in [1.54, 1.807) is 24.3 Å². The van der Waals surface area contributed by atoms with E-state index in [0.717, 1.165) is 7.48 Å². The lowest BCUT2D eigenvalue weighted by Crippen LogP contribution is -2.20. The predicted molar refractivity (Wildman–Crippen MR) is 49.2 cm³/mol. The van der Waals surface area contributed by atoms with Crippen LogP contribution in [0.1, 0.15) is 11.8 Å². The van der Waals surface area contributed by atoms with E-state index in [0.29, 0.717) is 11.0 Å². The first-order chi connectivity index (χ1) is 6.27. The van der Waals surface area contributed by atoms with Crippen molar-refractivity contribution in [2.45, 2.75) is 6.23 Å². The van der Waals surface area contributed by atoms with Gasteiger partial charge in [-0.15, -0.1) is 0 Å². The molecule has 1 aromatic carbocycles. The third-order valence-corrected chi connectivity index (χ3v) is 1.63. The summed E-state index contributed by atoms with van der Waals surface area (Å²) < 4.78 is 0. The Labute approximate surface area is 77.4 Å². The van der Waals surface area contributed by atoms with Crippen LogP contribution in [0.5, 0.6) is 0 Å². The van der Waals surface area contributed by atoms with Gasteiger partial charge in [0, 0.05) is 0 Å². The fourth-order valence-corrected chi connectivity index (χ4v) is 0.944. The van der Waals surface area contributed by atoms with Gasteiger partial charge in [-0.05, 0) is 5.56 Å². The van der Waals surface area contributed by atoms with Crippen molar-refractivity contribution >= 4 is 12.9 Å². The van der Waals surface area contributed by atoms with Crippen LogP contribution in [0.4, 0.5) is 0 Å². The fourth-order valence-electron chi connectivity index (χ4n) is 0.944. The number of hydrogen-bond acceptors (Lipinski definition) is 4. The zero-order chi connectivity index (χ0) is 9.68. The molecule has 0 aliphatic heterocycles. The number of rotatable bonds is 4. The average molecular weight is 180 g/mol. The lowest BCUT2D eigenvalue weighted by Gasteiger charge is -2.10. The monoisotopic (exact) mass is 180 g/mol. The second-order valence-electron chi connectivity index (χ2n) is 2.52. The molecule has 0 aromatic heterocycles. The Morgan fingerprint density at radius 3 is 2.46 bits per heavy atom. The molecular weight excluding hydrogens is 169 g/mol. The molecule has 1 aromatic rings. The van der Waals surface area contributed by atoms with Gasteiger partial charge in [0.15, 0.2) is 6.23 Å². The maximum absolute atomic E-state index is 9.38. The highest BCUT2D eigenvalue weighted by molar-refractivity contribution is 6.45. The van der Waals surface area contributed by atoms with Crippen LogP contribution in [0.15, 0.2) is 24.3 Å². The molecule has 5 heteroatoms. The zero-order valence-corrected chi connectivity index (χ0v) is 7.27. The van der Waals surface area contributed by atoms with Crippen molar-refractivity contribution in [3.8, 4) is 0 Å². The highest BCUT2D eigenvalue weighted by atomic mass is 16.7. The van der Waals surface area contributed by atoms with E-state index in [2.05, 4.69) is 10.3 Å². The number of hydroxylamine groups is 1. The molecule has 1 radical (unpaired) electrons. The largest absolute Gasteiger partial charge is 0.450 e. The first-order valence-electron chi connectivity index (χ1n) is 3.82. The average Bonchev–Trinajstić information content (AvgIpc) is 2.18. The first kappa shape index (κ1) is 10.2. The van der Waals surface area contributed by atoms with Gasteiger partial charge in [0.2, 0.25) is 0 Å². The van der Waals surface area contributed by atoms with E-state index in [9.17, 15) is 5.11 Å². The van der Waals surface area contributed by atoms with Gasteiger partial charge in [-0.2, -0.15) is 5.48 Å². The minimum atomic E-state index is -0.849. The number of nitrogens with one attached hydrogen (secondary N) is 1. The van der Waals surface area contributed by atoms with Crippen LogP contribution >= 0.6 is 0 Å². The molecule has 0 aliphatic rings. The molecule has 0 saturated heterocycles. The van der Waals surface area contributed by atoms with E-state index >= 15 is 0 Å². The van der Waals surface area contributed by atoms with Crippen LogP contribution in [0.25, 0.3) is 0 Å². The summed E-state index contributed by atoms with van der Waals surface area (Å²) in [7, 11) is 2.43. The summed E-state index contributed by atoms with van der Waals surface area (Å²) in [6.07, 6.45) is -0.849. The van der Waals surface area contributed by atoms with Gasteiger partial charge in [0.1, 0.15) is 0 Å². The van der Waals surface area contributed by atoms with Gasteiger partial charge < -0.3 is 15.0 Å². The minimum Gasteiger partial charge on any atom is -0.450 e. The lowest BCUT2D eigenvalue weighted by molar-refractivity contribution is -0.0320. The smallest absolute Gasteiger partial charge is 0.326 e. The summed E-state index contributed by atoms with van der Waals surface area (Å²) in [5.41, 5.74) is 3.74. The van der Waals surface area contributed by atoms with Crippen molar-refractivity contribution in [1.82, 2.24) is 5.48 Å². The van der Waals surface area contributed by atoms with Gasteiger partial charge in [-0.1, -0.05) is 29.7 Å². The summed E-state index contributed by atoms with van der Waals surface area (Å²) >= 11 is 0. The van der Waals surface area contributed by atoms with Crippen molar-refractivity contribution < 1.29 is 15.0 Å². The number of aliphatic hydroxyl groups is 1. The van der Waals surface area contributed by atoms with E-state index in [4.69, 9.17) is 5.02 Å². The Balaban J connectivity index is 2.67. The van der Waals surface area contributed by atoms with Crippen molar-refractivity contribution in [1.29, 1.82) is 0 Å². The molecule has 4 nitrogen and oxygen atoms in total. The van der Waals surface area contributed by atoms with Crippen molar-refractivity contribution in [3.63, 3.8) is 0 Å². The SMILES string of the molecule is CONC(O)c1ccc([B]O)cc1. The highest BCUT2D eigenvalue weighted by Crippen LogP contribution is 2.06.